The third kappa shape index (κ3) is 2.38. The van der Waals surface area contributed by atoms with Gasteiger partial charge in [-0.1, -0.05) is 13.8 Å². The van der Waals surface area contributed by atoms with Crippen LogP contribution in [0.5, 0.6) is 0 Å². The SMILES string of the molecule is CC1(C)CCC(NCc2cn3ccsc3n2)C1. The quantitative estimate of drug-likeness (QED) is 0.906. The molecule has 1 aliphatic carbocycles. The van der Waals surface area contributed by atoms with E-state index < -0.39 is 0 Å². The van der Waals surface area contributed by atoms with E-state index in [2.05, 4.69) is 46.3 Å². The van der Waals surface area contributed by atoms with Crippen LogP contribution in [0.1, 0.15) is 38.8 Å². The molecule has 2 aromatic heterocycles. The van der Waals surface area contributed by atoms with Crippen molar-refractivity contribution in [1.29, 1.82) is 0 Å². The van der Waals surface area contributed by atoms with Crippen LogP contribution >= 0.6 is 11.3 Å². The normalized spacial score (nSPS) is 23.5. The Morgan fingerprint density at radius 1 is 1.59 bits per heavy atom. The van der Waals surface area contributed by atoms with Gasteiger partial charge in [0.15, 0.2) is 4.96 Å². The number of thiazole rings is 1. The van der Waals surface area contributed by atoms with Gasteiger partial charge in [0, 0.05) is 30.4 Å². The average Bonchev–Trinajstić information content (AvgIpc) is 2.88. The molecule has 0 amide bonds. The van der Waals surface area contributed by atoms with Crippen molar-refractivity contribution in [1.82, 2.24) is 14.7 Å². The van der Waals surface area contributed by atoms with Gasteiger partial charge >= 0.3 is 0 Å². The number of nitrogens with zero attached hydrogens (tertiary/aromatic N) is 2. The van der Waals surface area contributed by atoms with Crippen molar-refractivity contribution < 1.29 is 0 Å². The molecule has 0 aromatic carbocycles. The van der Waals surface area contributed by atoms with Gasteiger partial charge in [-0.25, -0.2) is 4.98 Å². The third-order valence-corrected chi connectivity index (χ3v) is 4.45. The Bertz CT molecular complexity index is 483. The number of fused-ring (bicyclic) bond motifs is 1. The van der Waals surface area contributed by atoms with Gasteiger partial charge in [-0.05, 0) is 24.7 Å². The summed E-state index contributed by atoms with van der Waals surface area (Å²) in [7, 11) is 0. The summed E-state index contributed by atoms with van der Waals surface area (Å²) in [4.78, 5) is 5.68. The highest BCUT2D eigenvalue weighted by Crippen LogP contribution is 2.36. The molecule has 1 saturated carbocycles. The summed E-state index contributed by atoms with van der Waals surface area (Å²) in [5, 5.41) is 5.70. The van der Waals surface area contributed by atoms with Gasteiger partial charge in [0.2, 0.25) is 0 Å². The molecular weight excluding hydrogens is 230 g/mol. The van der Waals surface area contributed by atoms with Crippen molar-refractivity contribution >= 4 is 16.3 Å². The van der Waals surface area contributed by atoms with Crippen molar-refractivity contribution in [3.63, 3.8) is 0 Å². The van der Waals surface area contributed by atoms with Crippen LogP contribution in [0.15, 0.2) is 17.8 Å². The molecule has 0 saturated heterocycles. The number of aromatic nitrogens is 2. The summed E-state index contributed by atoms with van der Waals surface area (Å²) in [6.45, 7) is 5.62. The fourth-order valence-corrected chi connectivity index (χ4v) is 3.44. The first-order valence-corrected chi connectivity index (χ1v) is 7.15. The Hall–Kier alpha value is -0.870. The maximum atomic E-state index is 4.59. The van der Waals surface area contributed by atoms with Gasteiger partial charge < -0.3 is 5.32 Å². The van der Waals surface area contributed by atoms with Crippen LogP contribution < -0.4 is 5.32 Å². The Morgan fingerprint density at radius 3 is 3.18 bits per heavy atom. The van der Waals surface area contributed by atoms with Gasteiger partial charge in [-0.15, -0.1) is 11.3 Å². The first-order chi connectivity index (χ1) is 8.12. The van der Waals surface area contributed by atoms with Crippen LogP contribution in [0.4, 0.5) is 0 Å². The first kappa shape index (κ1) is 11.2. The van der Waals surface area contributed by atoms with Crippen LogP contribution in [0, 0.1) is 5.41 Å². The predicted octanol–water partition coefficient (Wildman–Crippen LogP) is 3.06. The Balaban J connectivity index is 1.59. The van der Waals surface area contributed by atoms with Crippen LogP contribution in [-0.2, 0) is 6.54 Å². The highest BCUT2D eigenvalue weighted by Gasteiger charge is 2.30. The predicted molar refractivity (Wildman–Crippen MR) is 71.3 cm³/mol. The van der Waals surface area contributed by atoms with Gasteiger partial charge in [-0.3, -0.25) is 4.40 Å². The molecule has 2 aromatic rings. The van der Waals surface area contributed by atoms with E-state index >= 15 is 0 Å². The van der Waals surface area contributed by atoms with Gasteiger partial charge in [-0.2, -0.15) is 0 Å². The second-order valence-corrected chi connectivity index (χ2v) is 6.68. The van der Waals surface area contributed by atoms with E-state index in [0.717, 1.165) is 17.2 Å². The third-order valence-electron chi connectivity index (χ3n) is 3.68. The zero-order valence-corrected chi connectivity index (χ0v) is 11.3. The lowest BCUT2D eigenvalue weighted by molar-refractivity contribution is 0.364. The monoisotopic (exact) mass is 249 g/mol. The average molecular weight is 249 g/mol. The Kier molecular flexibility index (Phi) is 2.71. The maximum Gasteiger partial charge on any atom is 0.193 e. The summed E-state index contributed by atoms with van der Waals surface area (Å²) in [6, 6.07) is 0.671. The molecule has 3 rings (SSSR count). The minimum absolute atomic E-state index is 0.520. The van der Waals surface area contributed by atoms with E-state index in [9.17, 15) is 0 Å². The molecule has 1 unspecified atom stereocenters. The van der Waals surface area contributed by atoms with Crippen molar-refractivity contribution in [2.24, 2.45) is 5.41 Å². The number of rotatable bonds is 3. The molecular formula is C13H19N3S. The van der Waals surface area contributed by atoms with E-state index in [1.165, 1.54) is 19.3 Å². The lowest BCUT2D eigenvalue weighted by atomic mass is 9.92. The largest absolute Gasteiger partial charge is 0.308 e. The number of hydrogen-bond donors (Lipinski definition) is 1. The number of hydrogen-bond acceptors (Lipinski definition) is 3. The lowest BCUT2D eigenvalue weighted by Gasteiger charge is -2.17. The zero-order valence-electron chi connectivity index (χ0n) is 10.4. The molecule has 3 nitrogen and oxygen atoms in total. The second-order valence-electron chi connectivity index (χ2n) is 5.81. The molecule has 0 spiro atoms. The van der Waals surface area contributed by atoms with Crippen LogP contribution in [-0.4, -0.2) is 15.4 Å². The van der Waals surface area contributed by atoms with Gasteiger partial charge in [0.1, 0.15) is 0 Å². The minimum atomic E-state index is 0.520. The maximum absolute atomic E-state index is 4.59. The van der Waals surface area contributed by atoms with Gasteiger partial charge in [0.05, 0.1) is 5.69 Å². The van der Waals surface area contributed by atoms with E-state index in [-0.39, 0.29) is 0 Å². The van der Waals surface area contributed by atoms with Crippen molar-refractivity contribution in [2.45, 2.75) is 45.7 Å². The van der Waals surface area contributed by atoms with Crippen LogP contribution in [0.2, 0.25) is 0 Å². The standard InChI is InChI=1S/C13H19N3S/c1-13(2)4-3-10(7-13)14-8-11-9-16-5-6-17-12(16)15-11/h5-6,9-10,14H,3-4,7-8H2,1-2H3. The second kappa shape index (κ2) is 4.10. The molecule has 17 heavy (non-hydrogen) atoms. The fourth-order valence-electron chi connectivity index (χ4n) is 2.72. The van der Waals surface area contributed by atoms with E-state index in [0.29, 0.717) is 11.5 Å². The molecule has 0 aliphatic heterocycles. The number of nitrogens with one attached hydrogen (secondary N) is 1. The van der Waals surface area contributed by atoms with E-state index in [1.807, 2.05) is 0 Å². The highest BCUT2D eigenvalue weighted by atomic mass is 32.1. The lowest BCUT2D eigenvalue weighted by Crippen LogP contribution is -2.26. The topological polar surface area (TPSA) is 29.3 Å². The molecule has 1 atom stereocenters. The Morgan fingerprint density at radius 2 is 2.47 bits per heavy atom. The molecule has 4 heteroatoms. The molecule has 2 heterocycles. The Labute approximate surface area is 106 Å². The smallest absolute Gasteiger partial charge is 0.193 e. The highest BCUT2D eigenvalue weighted by molar-refractivity contribution is 7.15. The summed E-state index contributed by atoms with van der Waals surface area (Å²) < 4.78 is 2.10. The summed E-state index contributed by atoms with van der Waals surface area (Å²) >= 11 is 1.69. The summed E-state index contributed by atoms with van der Waals surface area (Å²) in [6.07, 6.45) is 8.11. The summed E-state index contributed by atoms with van der Waals surface area (Å²) in [5.74, 6) is 0. The van der Waals surface area contributed by atoms with Gasteiger partial charge in [0.25, 0.3) is 0 Å². The van der Waals surface area contributed by atoms with Crippen molar-refractivity contribution in [2.75, 3.05) is 0 Å². The molecule has 1 N–H and O–H groups in total. The minimum Gasteiger partial charge on any atom is -0.308 e. The van der Waals surface area contributed by atoms with Crippen molar-refractivity contribution in [3.05, 3.63) is 23.5 Å². The van der Waals surface area contributed by atoms with E-state index in [4.69, 9.17) is 0 Å². The van der Waals surface area contributed by atoms with Crippen LogP contribution in [0.25, 0.3) is 4.96 Å². The molecule has 1 aliphatic rings. The van der Waals surface area contributed by atoms with E-state index in [1.54, 1.807) is 11.3 Å². The fraction of sp³-hybridized carbons (Fsp3) is 0.615. The molecule has 0 bridgehead atoms. The van der Waals surface area contributed by atoms with Crippen LogP contribution in [0.3, 0.4) is 0 Å². The first-order valence-electron chi connectivity index (χ1n) is 6.27. The zero-order chi connectivity index (χ0) is 11.9. The molecule has 0 radical (unpaired) electrons. The molecule has 92 valence electrons. The number of imidazole rings is 1. The molecule has 1 fully saturated rings. The summed E-state index contributed by atoms with van der Waals surface area (Å²) in [5.41, 5.74) is 1.67. The van der Waals surface area contributed by atoms with Crippen molar-refractivity contribution in [3.8, 4) is 0 Å².